The Balaban J connectivity index is 1.17. The van der Waals surface area contributed by atoms with Crippen LogP contribution in [0.5, 0.6) is 5.75 Å². The third-order valence-corrected chi connectivity index (χ3v) is 14.9. The van der Waals surface area contributed by atoms with Gasteiger partial charge in [0, 0.05) is 62.5 Å². The number of ether oxygens (including phenoxy) is 1. The van der Waals surface area contributed by atoms with Crippen LogP contribution in [-0.2, 0) is 73.9 Å². The number of phenols is 1. The zero-order chi connectivity index (χ0) is 65.8. The van der Waals surface area contributed by atoms with Crippen molar-refractivity contribution in [1.82, 2.24) is 57.7 Å². The molecule has 1 fully saturated rings. The molecule has 16 N–H and O–H groups in total. The van der Waals surface area contributed by atoms with E-state index in [4.69, 9.17) is 16.2 Å². The Bertz CT molecular complexity index is 3290. The van der Waals surface area contributed by atoms with E-state index in [2.05, 4.69) is 57.8 Å². The largest absolute Gasteiger partial charge is 0.508 e. The normalized spacial score (nSPS) is 14.6. The van der Waals surface area contributed by atoms with E-state index in [1.54, 1.807) is 67.7 Å². The van der Waals surface area contributed by atoms with Crippen LogP contribution in [0.15, 0.2) is 120 Å². The minimum Gasteiger partial charge on any atom is -0.508 e. The lowest BCUT2D eigenvalue weighted by Crippen LogP contribution is -2.60. The number of aromatic amines is 1. The van der Waals surface area contributed by atoms with Gasteiger partial charge in [0.05, 0.1) is 13.2 Å². The minimum atomic E-state index is -1.77. The van der Waals surface area contributed by atoms with Crippen molar-refractivity contribution >= 4 is 76.1 Å². The molecular weight excluding hydrogens is 1170 g/mol. The SMILES string of the molecule is CCNC(=O)[C@@H]1CCCN1C(=O)[C@H](CCCN=C(N)N)NC(=O)[C@H](CC(C)C)NC(=O)CNC(=O)[C@H](Cc1ccc(O)cc1)NC(=O)[C@H](CO)NC(=O)[C@H](Cc1c[nH]c2ccccc12)NC(=O)[C@H](CCC(=O)NCc1ccccc1)NC(=O)OCc1ccccc1. The Labute approximate surface area is 527 Å². The Hall–Kier alpha value is -10.1. The summed E-state index contributed by atoms with van der Waals surface area (Å²) in [6, 6.07) is 21.4. The maximum absolute atomic E-state index is 14.6. The average Bonchev–Trinajstić information content (AvgIpc) is 2.08. The number of aromatic nitrogens is 1. The molecule has 91 heavy (non-hydrogen) atoms. The van der Waals surface area contributed by atoms with Gasteiger partial charge in [-0.3, -0.25) is 48.1 Å². The van der Waals surface area contributed by atoms with Gasteiger partial charge < -0.3 is 84.2 Å². The van der Waals surface area contributed by atoms with Gasteiger partial charge in [-0.15, -0.1) is 0 Å². The highest BCUT2D eigenvalue weighted by molar-refractivity contribution is 5.98. The third-order valence-electron chi connectivity index (χ3n) is 14.9. The first kappa shape index (κ1) is 70.0. The molecule has 0 spiro atoms. The van der Waals surface area contributed by atoms with Crippen molar-refractivity contribution in [2.45, 2.75) is 134 Å². The number of carbonyl (C=O) groups excluding carboxylic acids is 10. The van der Waals surface area contributed by atoms with E-state index in [1.165, 1.54) is 29.2 Å². The van der Waals surface area contributed by atoms with Crippen LogP contribution in [0.1, 0.15) is 88.0 Å². The van der Waals surface area contributed by atoms with Crippen LogP contribution in [0, 0.1) is 5.92 Å². The summed E-state index contributed by atoms with van der Waals surface area (Å²) in [4.78, 5) is 147. The Morgan fingerprint density at radius 3 is 1.93 bits per heavy atom. The number of amides is 10. The number of phenolic OH excluding ortho intramolecular Hbond substituents is 1. The summed E-state index contributed by atoms with van der Waals surface area (Å²) in [5.74, 6) is -7.09. The predicted molar refractivity (Wildman–Crippen MR) is 337 cm³/mol. The number of hydrogen-bond donors (Lipinski definition) is 14. The highest BCUT2D eigenvalue weighted by Gasteiger charge is 2.39. The third kappa shape index (κ3) is 22.8. The van der Waals surface area contributed by atoms with Gasteiger partial charge >= 0.3 is 6.09 Å². The lowest BCUT2D eigenvalue weighted by Gasteiger charge is -2.30. The standard InChI is InChI=1S/C64H84N14O13/c1-4-67-61(88)53-22-14-30-78(53)62(89)48(21-13-29-68-63(65)66)73-58(85)49(31-39(2)3)72-55(82)36-71-56(83)50(32-40-23-25-44(80)26-24-40)74-60(87)52(37-79)76-59(86)51(33-43-35-69-46-20-12-11-19-45(43)46)75-57(84)47(77-64(90)91-38-42-17-9-6-10-18-42)27-28-54(81)70-34-41-15-7-5-8-16-41/h5-12,15-20,23-26,35,39,47-53,69,79-80H,4,13-14,21-22,27-34,36-38H2,1-3H3,(H,67,88)(H,70,81)(H,71,83)(H,72,82)(H,73,85)(H,74,87)(H,75,84)(H,76,86)(H,77,90)(H4,65,66,68)/t47-,48-,49-,50-,51-,52-,53-/m0/s1. The number of fused-ring (bicyclic) bond motifs is 1. The van der Waals surface area contributed by atoms with Crippen LogP contribution in [0.3, 0.4) is 0 Å². The summed E-state index contributed by atoms with van der Waals surface area (Å²) in [5, 5.41) is 45.2. The van der Waals surface area contributed by atoms with Crippen LogP contribution in [0.25, 0.3) is 10.9 Å². The number of aliphatic hydroxyl groups excluding tert-OH is 1. The average molecular weight is 1260 g/mol. The van der Waals surface area contributed by atoms with Crippen molar-refractivity contribution in [3.63, 3.8) is 0 Å². The number of rotatable bonds is 34. The number of hydrogen-bond acceptors (Lipinski definition) is 14. The molecule has 0 bridgehead atoms. The van der Waals surface area contributed by atoms with E-state index in [1.807, 2.05) is 44.2 Å². The summed E-state index contributed by atoms with van der Waals surface area (Å²) < 4.78 is 5.43. The number of nitrogens with zero attached hydrogens (tertiary/aromatic N) is 2. The molecule has 0 unspecified atom stereocenters. The second-order valence-corrected chi connectivity index (χ2v) is 22.4. The Morgan fingerprint density at radius 2 is 1.26 bits per heavy atom. The number of aliphatic imine (C=N–C) groups is 1. The van der Waals surface area contributed by atoms with Crippen LogP contribution in [-0.4, -0.2) is 160 Å². The predicted octanol–water partition coefficient (Wildman–Crippen LogP) is 0.810. The van der Waals surface area contributed by atoms with E-state index in [0.29, 0.717) is 47.0 Å². The first-order valence-corrected chi connectivity index (χ1v) is 30.3. The maximum atomic E-state index is 14.6. The molecule has 0 radical (unpaired) electrons. The number of aliphatic hydroxyl groups is 1. The number of alkyl carbamates (subject to hydrolysis) is 1. The van der Waals surface area contributed by atoms with Gasteiger partial charge in [0.15, 0.2) is 5.96 Å². The second-order valence-electron chi connectivity index (χ2n) is 22.4. The number of para-hydroxylation sites is 1. The Kier molecular flexibility index (Phi) is 27.6. The first-order valence-electron chi connectivity index (χ1n) is 30.3. The van der Waals surface area contributed by atoms with Crippen molar-refractivity contribution in [3.05, 3.63) is 138 Å². The number of H-pyrrole nitrogens is 1. The highest BCUT2D eigenvalue weighted by Crippen LogP contribution is 2.22. The molecule has 6 rings (SSSR count). The molecule has 2 heterocycles. The summed E-state index contributed by atoms with van der Waals surface area (Å²) in [5.41, 5.74) is 14.2. The van der Waals surface area contributed by atoms with E-state index in [9.17, 15) is 58.2 Å². The summed E-state index contributed by atoms with van der Waals surface area (Å²) in [7, 11) is 0. The number of nitrogens with two attached hydrogens (primary N) is 2. The van der Waals surface area contributed by atoms with Crippen molar-refractivity contribution < 1.29 is 62.9 Å². The monoisotopic (exact) mass is 1260 g/mol. The van der Waals surface area contributed by atoms with E-state index < -0.39 is 109 Å². The number of benzene rings is 4. The van der Waals surface area contributed by atoms with Gasteiger partial charge in [-0.2, -0.15) is 0 Å². The lowest BCUT2D eigenvalue weighted by molar-refractivity contribution is -0.142. The molecule has 10 amide bonds. The minimum absolute atomic E-state index is 0.0853. The van der Waals surface area contributed by atoms with Crippen LogP contribution in [0.2, 0.25) is 0 Å². The number of aromatic hydroxyl groups is 1. The van der Waals surface area contributed by atoms with E-state index >= 15 is 0 Å². The maximum Gasteiger partial charge on any atom is 0.408 e. The molecule has 1 aliphatic heterocycles. The van der Waals surface area contributed by atoms with E-state index in [0.717, 1.165) is 5.56 Å². The summed E-state index contributed by atoms with van der Waals surface area (Å²) in [6.45, 7) is 4.46. The molecule has 27 nitrogen and oxygen atoms in total. The fraction of sp³-hybridized carbons (Fsp3) is 0.422. The van der Waals surface area contributed by atoms with Crippen molar-refractivity contribution in [1.29, 1.82) is 0 Å². The summed E-state index contributed by atoms with van der Waals surface area (Å²) in [6.07, 6.45) is 1.15. The van der Waals surface area contributed by atoms with Crippen LogP contribution < -0.4 is 59.3 Å². The molecule has 1 aromatic heterocycles. The molecule has 27 heteroatoms. The molecule has 488 valence electrons. The van der Waals surface area contributed by atoms with Crippen molar-refractivity contribution in [2.24, 2.45) is 22.4 Å². The molecule has 0 saturated carbocycles. The van der Waals surface area contributed by atoms with Crippen LogP contribution in [0.4, 0.5) is 4.79 Å². The molecular formula is C64H84N14O13. The Morgan fingerprint density at radius 1 is 0.648 bits per heavy atom. The number of likely N-dealkylation sites (tertiary alicyclic amines) is 1. The van der Waals surface area contributed by atoms with Gasteiger partial charge in [-0.1, -0.05) is 105 Å². The number of nitrogens with one attached hydrogen (secondary N) is 10. The lowest BCUT2D eigenvalue weighted by atomic mass is 10.0. The zero-order valence-corrected chi connectivity index (χ0v) is 51.3. The molecule has 0 aliphatic carbocycles. The second kappa shape index (κ2) is 35.8. The van der Waals surface area contributed by atoms with Gasteiger partial charge in [-0.05, 0) is 91.8 Å². The van der Waals surface area contributed by atoms with Crippen molar-refractivity contribution in [3.8, 4) is 5.75 Å². The summed E-state index contributed by atoms with van der Waals surface area (Å²) >= 11 is 0. The molecule has 7 atom stereocenters. The fourth-order valence-corrected chi connectivity index (χ4v) is 10.2. The number of guanidine groups is 1. The quantitative estimate of drug-likeness (QED) is 0.0154. The smallest absolute Gasteiger partial charge is 0.408 e. The topological polar surface area (TPSA) is 412 Å². The number of carbonyl (C=O) groups is 10. The fourth-order valence-electron chi connectivity index (χ4n) is 10.2. The van der Waals surface area contributed by atoms with Gasteiger partial charge in [0.25, 0.3) is 0 Å². The molecule has 1 saturated heterocycles. The first-order chi connectivity index (χ1) is 43.7. The molecule has 1 aliphatic rings. The highest BCUT2D eigenvalue weighted by atomic mass is 16.5. The molecule has 5 aromatic rings. The molecule has 4 aromatic carbocycles. The van der Waals surface area contributed by atoms with E-state index in [-0.39, 0.29) is 94.7 Å². The van der Waals surface area contributed by atoms with Crippen molar-refractivity contribution in [2.75, 3.05) is 32.8 Å². The van der Waals surface area contributed by atoms with Crippen LogP contribution >= 0.6 is 0 Å². The number of likely N-dealkylation sites (N-methyl/N-ethyl adjacent to an activating group) is 1. The van der Waals surface area contributed by atoms with Gasteiger partial charge in [0.2, 0.25) is 53.2 Å². The van der Waals surface area contributed by atoms with Gasteiger partial charge in [-0.25, -0.2) is 4.79 Å². The van der Waals surface area contributed by atoms with Gasteiger partial charge in [0.1, 0.15) is 54.6 Å². The zero-order valence-electron chi connectivity index (χ0n) is 51.3.